The Labute approximate surface area is 203 Å². The molecule has 0 spiro atoms. The first kappa shape index (κ1) is 22.5. The van der Waals surface area contributed by atoms with Crippen molar-refractivity contribution < 1.29 is 5.11 Å². The highest BCUT2D eigenvalue weighted by molar-refractivity contribution is 7.09. The Morgan fingerprint density at radius 3 is 2.42 bits per heavy atom. The Bertz CT molecular complexity index is 1110. The molecule has 7 nitrogen and oxygen atoms in total. The number of fused-ring (bicyclic) bond motifs is 2. The van der Waals surface area contributed by atoms with Crippen molar-refractivity contribution in [3.05, 3.63) is 58.1 Å². The molecule has 5 rings (SSSR count). The second-order valence-electron chi connectivity index (χ2n) is 9.66. The van der Waals surface area contributed by atoms with Crippen molar-refractivity contribution in [1.29, 1.82) is 0 Å². The first-order valence-corrected chi connectivity index (χ1v) is 12.6. The Kier molecular flexibility index (Phi) is 6.01. The molecule has 3 aromatic rings. The minimum absolute atomic E-state index is 0.285. The van der Waals surface area contributed by atoms with Crippen LogP contribution in [0, 0.1) is 6.92 Å². The molecule has 9 heteroatoms. The van der Waals surface area contributed by atoms with Crippen molar-refractivity contribution >= 4 is 34.2 Å². The van der Waals surface area contributed by atoms with Gasteiger partial charge in [-0.1, -0.05) is 23.7 Å². The van der Waals surface area contributed by atoms with E-state index in [9.17, 15) is 5.11 Å². The van der Waals surface area contributed by atoms with Crippen molar-refractivity contribution in [2.75, 3.05) is 10.2 Å². The highest BCUT2D eigenvalue weighted by Gasteiger charge is 2.42. The smallest absolute Gasteiger partial charge is 0.223 e. The molecule has 0 saturated carbocycles. The third-order valence-corrected chi connectivity index (χ3v) is 7.58. The summed E-state index contributed by atoms with van der Waals surface area (Å²) in [6.45, 7) is 5.46. The molecule has 1 aromatic carbocycles. The number of nitrogens with one attached hydrogen (secondary N) is 1. The Morgan fingerprint density at radius 1 is 1.12 bits per heavy atom. The monoisotopic (exact) mass is 484 g/mol. The highest BCUT2D eigenvalue weighted by Crippen LogP contribution is 2.40. The van der Waals surface area contributed by atoms with Crippen molar-refractivity contribution in [2.45, 2.75) is 76.6 Å². The third-order valence-electron chi connectivity index (χ3n) is 6.51. The fraction of sp³-hybridized carbons (Fsp3) is 0.500. The zero-order chi connectivity index (χ0) is 23.2. The highest BCUT2D eigenvalue weighted by atomic mass is 35.5. The predicted molar refractivity (Wildman–Crippen MR) is 132 cm³/mol. The van der Waals surface area contributed by atoms with E-state index in [1.54, 1.807) is 13.8 Å². The topological polar surface area (TPSA) is 87.1 Å². The summed E-state index contributed by atoms with van der Waals surface area (Å²) >= 11 is 7.53. The summed E-state index contributed by atoms with van der Waals surface area (Å²) in [6.07, 6.45) is 5.02. The second-order valence-corrected chi connectivity index (χ2v) is 10.8. The zero-order valence-corrected chi connectivity index (χ0v) is 20.7. The van der Waals surface area contributed by atoms with Gasteiger partial charge < -0.3 is 15.3 Å². The van der Waals surface area contributed by atoms with Crippen LogP contribution in [0.25, 0.3) is 0 Å². The van der Waals surface area contributed by atoms with Gasteiger partial charge in [0.15, 0.2) is 0 Å². The molecule has 2 N–H and O–H groups in total. The lowest BCUT2D eigenvalue weighted by molar-refractivity contribution is 0.0737. The molecule has 33 heavy (non-hydrogen) atoms. The number of nitrogens with zero attached hydrogens (tertiary/aromatic N) is 5. The second kappa shape index (κ2) is 8.81. The molecule has 2 saturated heterocycles. The van der Waals surface area contributed by atoms with Gasteiger partial charge in [0, 0.05) is 41.1 Å². The van der Waals surface area contributed by atoms with E-state index in [1.165, 1.54) is 24.4 Å². The Morgan fingerprint density at radius 2 is 1.82 bits per heavy atom. The molecule has 2 bridgehead atoms. The first-order valence-electron chi connectivity index (χ1n) is 11.4. The minimum atomic E-state index is -1.05. The van der Waals surface area contributed by atoms with Crippen LogP contribution in [0.15, 0.2) is 30.3 Å². The van der Waals surface area contributed by atoms with Gasteiger partial charge >= 0.3 is 0 Å². The molecule has 2 atom stereocenters. The van der Waals surface area contributed by atoms with Crippen LogP contribution in [-0.4, -0.2) is 42.6 Å². The summed E-state index contributed by atoms with van der Waals surface area (Å²) in [6, 6.07) is 10.9. The average molecular weight is 485 g/mol. The molecule has 0 amide bonds. The minimum Gasteiger partial charge on any atom is -0.384 e. The number of piperidine rings is 1. The van der Waals surface area contributed by atoms with Crippen LogP contribution in [0.5, 0.6) is 0 Å². The Balaban J connectivity index is 1.35. The number of halogens is 1. The standard InChI is InChI=1S/C24H29ClN6OS/c1-14-26-23(33-30-14)31-19-8-9-20(31)12-18(11-19)28-22-27-17(13-21(29-22)24(2,3)32)10-15-4-6-16(25)7-5-15/h4-7,13,18-20,32H,8-12H2,1-3H3,(H,27,28,29). The maximum absolute atomic E-state index is 10.6. The number of aryl methyl sites for hydroxylation is 1. The molecule has 0 aliphatic carbocycles. The SMILES string of the molecule is Cc1nsc(N2C3CCC2CC(Nc2nc(Cc4ccc(Cl)cc4)cc(C(C)(C)O)n2)C3)n1. The van der Waals surface area contributed by atoms with E-state index in [1.807, 2.05) is 37.3 Å². The van der Waals surface area contributed by atoms with Crippen LogP contribution in [-0.2, 0) is 12.0 Å². The van der Waals surface area contributed by atoms with Gasteiger partial charge in [-0.25, -0.2) is 15.0 Å². The summed E-state index contributed by atoms with van der Waals surface area (Å²) in [5.74, 6) is 1.43. The summed E-state index contributed by atoms with van der Waals surface area (Å²) in [4.78, 5) is 16.6. The number of benzene rings is 1. The molecule has 4 heterocycles. The maximum Gasteiger partial charge on any atom is 0.223 e. The maximum atomic E-state index is 10.6. The van der Waals surface area contributed by atoms with Crippen molar-refractivity contribution in [3.8, 4) is 0 Å². The molecular weight excluding hydrogens is 456 g/mol. The van der Waals surface area contributed by atoms with E-state index < -0.39 is 5.60 Å². The molecule has 2 aromatic heterocycles. The van der Waals surface area contributed by atoms with Crippen molar-refractivity contribution in [1.82, 2.24) is 19.3 Å². The lowest BCUT2D eigenvalue weighted by Crippen LogP contribution is -2.47. The lowest BCUT2D eigenvalue weighted by atomic mass is 9.98. The number of hydrogen-bond donors (Lipinski definition) is 2. The largest absolute Gasteiger partial charge is 0.384 e. The third kappa shape index (κ3) is 4.98. The average Bonchev–Trinajstić information content (AvgIpc) is 3.29. The van der Waals surface area contributed by atoms with Crippen LogP contribution < -0.4 is 10.2 Å². The summed E-state index contributed by atoms with van der Waals surface area (Å²) < 4.78 is 4.38. The van der Waals surface area contributed by atoms with Crippen LogP contribution in [0.2, 0.25) is 5.02 Å². The van der Waals surface area contributed by atoms with Crippen LogP contribution in [0.1, 0.15) is 62.3 Å². The fourth-order valence-corrected chi connectivity index (χ4v) is 5.90. The first-order chi connectivity index (χ1) is 15.7. The number of hydrogen-bond acceptors (Lipinski definition) is 8. The molecule has 2 aliphatic rings. The molecule has 2 unspecified atom stereocenters. The van der Waals surface area contributed by atoms with Crippen LogP contribution in [0.4, 0.5) is 11.1 Å². The van der Waals surface area contributed by atoms with Crippen molar-refractivity contribution in [2.24, 2.45) is 0 Å². The Hall–Kier alpha value is -2.29. The predicted octanol–water partition coefficient (Wildman–Crippen LogP) is 4.72. The van der Waals surface area contributed by atoms with Gasteiger partial charge in [-0.05, 0) is 70.2 Å². The lowest BCUT2D eigenvalue weighted by Gasteiger charge is -2.39. The molecule has 2 fully saturated rings. The molecule has 0 radical (unpaired) electrons. The van der Waals surface area contributed by atoms with E-state index in [0.29, 0.717) is 35.2 Å². The normalized spacial score (nSPS) is 22.6. The van der Waals surface area contributed by atoms with Crippen LogP contribution >= 0.6 is 23.1 Å². The summed E-state index contributed by atoms with van der Waals surface area (Å²) in [7, 11) is 0. The summed E-state index contributed by atoms with van der Waals surface area (Å²) in [5.41, 5.74) is 1.56. The van der Waals surface area contributed by atoms with E-state index in [-0.39, 0.29) is 6.04 Å². The van der Waals surface area contributed by atoms with Gasteiger partial charge in [0.2, 0.25) is 11.1 Å². The van der Waals surface area contributed by atoms with Gasteiger partial charge in [0.25, 0.3) is 0 Å². The van der Waals surface area contributed by atoms with E-state index >= 15 is 0 Å². The van der Waals surface area contributed by atoms with Gasteiger partial charge in [-0.15, -0.1) is 0 Å². The summed E-state index contributed by atoms with van der Waals surface area (Å²) in [5, 5.41) is 16.0. The van der Waals surface area contributed by atoms with Crippen LogP contribution in [0.3, 0.4) is 0 Å². The zero-order valence-electron chi connectivity index (χ0n) is 19.1. The number of rotatable bonds is 6. The van der Waals surface area contributed by atoms with E-state index in [4.69, 9.17) is 16.6 Å². The van der Waals surface area contributed by atoms with Gasteiger partial charge in [-0.2, -0.15) is 4.37 Å². The van der Waals surface area contributed by atoms with Gasteiger partial charge in [-0.3, -0.25) is 0 Å². The molecule has 2 aliphatic heterocycles. The number of aromatic nitrogens is 4. The van der Waals surface area contributed by atoms with Crippen molar-refractivity contribution in [3.63, 3.8) is 0 Å². The van der Waals surface area contributed by atoms with Gasteiger partial charge in [0.1, 0.15) is 11.4 Å². The molecular formula is C24H29ClN6OS. The number of aliphatic hydroxyl groups is 1. The molecule has 174 valence electrons. The quantitative estimate of drug-likeness (QED) is 0.523. The number of anilines is 2. The van der Waals surface area contributed by atoms with E-state index in [2.05, 4.69) is 24.6 Å². The fourth-order valence-electron chi connectivity index (χ4n) is 4.96. The van der Waals surface area contributed by atoms with E-state index in [0.717, 1.165) is 35.1 Å². The van der Waals surface area contributed by atoms with Gasteiger partial charge in [0.05, 0.1) is 11.4 Å².